The average molecular weight is 283 g/mol. The summed E-state index contributed by atoms with van der Waals surface area (Å²) in [4.78, 5) is 0. The summed E-state index contributed by atoms with van der Waals surface area (Å²) in [6.07, 6.45) is 2.43. The molecule has 1 rings (SSSR count). The van der Waals surface area contributed by atoms with Crippen molar-refractivity contribution in [1.29, 1.82) is 0 Å². The van der Waals surface area contributed by atoms with Crippen LogP contribution < -0.4 is 5.73 Å². The molecule has 4 heteroatoms. The lowest BCUT2D eigenvalue weighted by atomic mass is 9.75. The Morgan fingerprint density at radius 3 is 2.26 bits per heavy atom. The van der Waals surface area contributed by atoms with E-state index in [0.717, 1.165) is 12.8 Å². The van der Waals surface area contributed by atoms with Crippen LogP contribution in [0.15, 0.2) is 30.3 Å². The van der Waals surface area contributed by atoms with Crippen molar-refractivity contribution in [2.75, 3.05) is 18.1 Å². The van der Waals surface area contributed by atoms with Crippen molar-refractivity contribution in [2.24, 2.45) is 5.73 Å². The Balaban J connectivity index is 2.79. The summed E-state index contributed by atoms with van der Waals surface area (Å²) in [5.74, 6) is 0.484. The number of sulfone groups is 1. The maximum absolute atomic E-state index is 11.6. The van der Waals surface area contributed by atoms with Gasteiger partial charge >= 0.3 is 0 Å². The summed E-state index contributed by atoms with van der Waals surface area (Å²) in [5.41, 5.74) is 7.11. The van der Waals surface area contributed by atoms with Crippen LogP contribution in [-0.2, 0) is 15.3 Å². The molecule has 0 spiro atoms. The van der Waals surface area contributed by atoms with Crippen molar-refractivity contribution in [2.45, 2.75) is 38.5 Å². The summed E-state index contributed by atoms with van der Waals surface area (Å²) in [5, 5.41) is 0. The molecule has 0 radical (unpaired) electrons. The highest BCUT2D eigenvalue weighted by Gasteiger charge is 2.28. The Kier molecular flexibility index (Phi) is 6.01. The van der Waals surface area contributed by atoms with E-state index in [1.165, 1.54) is 5.56 Å². The van der Waals surface area contributed by atoms with Crippen LogP contribution in [0.5, 0.6) is 0 Å². The second kappa shape index (κ2) is 7.06. The fraction of sp³-hybridized carbons (Fsp3) is 0.600. The van der Waals surface area contributed by atoms with Crippen LogP contribution in [0.25, 0.3) is 0 Å². The highest BCUT2D eigenvalue weighted by molar-refractivity contribution is 7.91. The van der Waals surface area contributed by atoms with Crippen LogP contribution in [-0.4, -0.2) is 26.5 Å². The van der Waals surface area contributed by atoms with E-state index >= 15 is 0 Å². The smallest absolute Gasteiger partial charge is 0.150 e. The molecule has 0 saturated carbocycles. The Hall–Kier alpha value is -0.870. The molecule has 0 heterocycles. The molecule has 0 aliphatic heterocycles. The third kappa shape index (κ3) is 4.32. The minimum Gasteiger partial charge on any atom is -0.330 e. The Bertz CT molecular complexity index is 464. The summed E-state index contributed by atoms with van der Waals surface area (Å²) in [7, 11) is -2.88. The van der Waals surface area contributed by atoms with E-state index in [9.17, 15) is 8.42 Å². The van der Waals surface area contributed by atoms with Crippen LogP contribution in [0, 0.1) is 0 Å². The molecule has 0 aromatic heterocycles. The molecule has 0 bridgehead atoms. The topological polar surface area (TPSA) is 60.2 Å². The number of benzene rings is 1. The van der Waals surface area contributed by atoms with Crippen molar-refractivity contribution in [3.63, 3.8) is 0 Å². The van der Waals surface area contributed by atoms with E-state index in [1.807, 2.05) is 18.2 Å². The highest BCUT2D eigenvalue weighted by Crippen LogP contribution is 2.32. The molecule has 1 atom stereocenters. The SMILES string of the molecule is CCC(CN)(CCCS(=O)(=O)CC)c1ccccc1. The molecule has 19 heavy (non-hydrogen) atoms. The fourth-order valence-corrected chi connectivity index (χ4v) is 3.33. The van der Waals surface area contributed by atoms with Gasteiger partial charge in [0, 0.05) is 17.7 Å². The Labute approximate surface area is 117 Å². The van der Waals surface area contributed by atoms with Gasteiger partial charge in [-0.2, -0.15) is 0 Å². The first-order valence-corrected chi connectivity index (χ1v) is 8.78. The zero-order valence-electron chi connectivity index (χ0n) is 11.9. The van der Waals surface area contributed by atoms with Gasteiger partial charge in [-0.25, -0.2) is 8.42 Å². The maximum Gasteiger partial charge on any atom is 0.150 e. The van der Waals surface area contributed by atoms with E-state index < -0.39 is 9.84 Å². The molecule has 0 fully saturated rings. The van der Waals surface area contributed by atoms with Gasteiger partial charge < -0.3 is 5.73 Å². The first-order chi connectivity index (χ1) is 8.99. The summed E-state index contributed by atoms with van der Waals surface area (Å²) in [6.45, 7) is 4.37. The van der Waals surface area contributed by atoms with Gasteiger partial charge in [0.05, 0.1) is 5.75 Å². The Morgan fingerprint density at radius 2 is 1.79 bits per heavy atom. The predicted octanol–water partition coefficient (Wildman–Crippen LogP) is 2.51. The lowest BCUT2D eigenvalue weighted by molar-refractivity contribution is 0.385. The molecular weight excluding hydrogens is 258 g/mol. The molecule has 108 valence electrons. The van der Waals surface area contributed by atoms with Gasteiger partial charge in [0.2, 0.25) is 0 Å². The minimum absolute atomic E-state index is 0.0927. The van der Waals surface area contributed by atoms with Crippen LogP contribution in [0.1, 0.15) is 38.7 Å². The molecule has 1 aromatic rings. The van der Waals surface area contributed by atoms with E-state index in [0.29, 0.717) is 13.0 Å². The summed E-state index contributed by atoms with van der Waals surface area (Å²) < 4.78 is 23.1. The number of nitrogens with two attached hydrogens (primary N) is 1. The second-order valence-corrected chi connectivity index (χ2v) is 7.52. The molecule has 1 aromatic carbocycles. The molecule has 0 aliphatic carbocycles. The van der Waals surface area contributed by atoms with Gasteiger partial charge in [0.25, 0.3) is 0 Å². The lowest BCUT2D eigenvalue weighted by Crippen LogP contribution is -2.35. The zero-order valence-corrected chi connectivity index (χ0v) is 12.7. The van der Waals surface area contributed by atoms with E-state index in [1.54, 1.807) is 6.92 Å². The normalized spacial score (nSPS) is 15.1. The zero-order chi connectivity index (χ0) is 14.4. The maximum atomic E-state index is 11.6. The molecule has 1 unspecified atom stereocenters. The van der Waals surface area contributed by atoms with E-state index in [4.69, 9.17) is 5.73 Å². The third-order valence-corrected chi connectivity index (χ3v) is 5.79. The van der Waals surface area contributed by atoms with Gasteiger partial charge in [0.1, 0.15) is 9.84 Å². The quantitative estimate of drug-likeness (QED) is 0.797. The van der Waals surface area contributed by atoms with Gasteiger partial charge in [-0.3, -0.25) is 0 Å². The van der Waals surface area contributed by atoms with Crippen molar-refractivity contribution in [3.05, 3.63) is 35.9 Å². The van der Waals surface area contributed by atoms with Gasteiger partial charge in [0.15, 0.2) is 0 Å². The number of hydrogen-bond donors (Lipinski definition) is 1. The molecular formula is C15H25NO2S. The molecule has 2 N–H and O–H groups in total. The first kappa shape index (κ1) is 16.2. The van der Waals surface area contributed by atoms with Crippen molar-refractivity contribution >= 4 is 9.84 Å². The standard InChI is InChI=1S/C15H25NO2S/c1-3-15(13-16,14-9-6-5-7-10-14)11-8-12-19(17,18)4-2/h5-7,9-10H,3-4,8,11-13,16H2,1-2H3. The number of rotatable bonds is 8. The van der Waals surface area contributed by atoms with Crippen LogP contribution in [0.2, 0.25) is 0 Å². The summed E-state index contributed by atoms with van der Waals surface area (Å²) >= 11 is 0. The van der Waals surface area contributed by atoms with Crippen molar-refractivity contribution in [1.82, 2.24) is 0 Å². The fourth-order valence-electron chi connectivity index (χ4n) is 2.46. The van der Waals surface area contributed by atoms with Crippen LogP contribution in [0.3, 0.4) is 0 Å². The molecule has 0 saturated heterocycles. The van der Waals surface area contributed by atoms with Crippen LogP contribution in [0.4, 0.5) is 0 Å². The van der Waals surface area contributed by atoms with Crippen LogP contribution >= 0.6 is 0 Å². The van der Waals surface area contributed by atoms with Crippen molar-refractivity contribution in [3.8, 4) is 0 Å². The molecule has 0 aliphatic rings. The van der Waals surface area contributed by atoms with Gasteiger partial charge in [-0.05, 0) is 24.8 Å². The first-order valence-electron chi connectivity index (χ1n) is 6.95. The number of hydrogen-bond acceptors (Lipinski definition) is 3. The third-order valence-electron chi connectivity index (χ3n) is 4.00. The predicted molar refractivity (Wildman–Crippen MR) is 81.0 cm³/mol. The summed E-state index contributed by atoms with van der Waals surface area (Å²) in [6, 6.07) is 10.2. The monoisotopic (exact) mass is 283 g/mol. The second-order valence-electron chi connectivity index (χ2n) is 5.04. The lowest BCUT2D eigenvalue weighted by Gasteiger charge is -2.32. The Morgan fingerprint density at radius 1 is 1.16 bits per heavy atom. The largest absolute Gasteiger partial charge is 0.330 e. The van der Waals surface area contributed by atoms with Crippen molar-refractivity contribution < 1.29 is 8.42 Å². The molecule has 3 nitrogen and oxygen atoms in total. The van der Waals surface area contributed by atoms with E-state index in [-0.39, 0.29) is 16.9 Å². The highest BCUT2D eigenvalue weighted by atomic mass is 32.2. The molecule has 0 amide bonds. The van der Waals surface area contributed by atoms with Gasteiger partial charge in [-0.15, -0.1) is 0 Å². The minimum atomic E-state index is -2.88. The van der Waals surface area contributed by atoms with Gasteiger partial charge in [-0.1, -0.05) is 44.2 Å². The van der Waals surface area contributed by atoms with E-state index in [2.05, 4.69) is 19.1 Å². The average Bonchev–Trinajstić information content (AvgIpc) is 2.45.